The van der Waals surface area contributed by atoms with Crippen molar-refractivity contribution >= 4 is 11.0 Å². The molecule has 0 atom stereocenters. The van der Waals surface area contributed by atoms with E-state index in [2.05, 4.69) is 15.1 Å². The number of nitrogens with one attached hydrogen (secondary N) is 1. The Bertz CT molecular complexity index is 999. The predicted octanol–water partition coefficient (Wildman–Crippen LogP) is 3.74. The minimum absolute atomic E-state index is 0.0969. The molecule has 0 aliphatic carbocycles. The van der Waals surface area contributed by atoms with E-state index in [1.165, 1.54) is 4.68 Å². The Balaban J connectivity index is 1.88. The van der Waals surface area contributed by atoms with Crippen LogP contribution in [0.25, 0.3) is 28.2 Å². The first kappa shape index (κ1) is 13.6. The van der Waals surface area contributed by atoms with E-state index in [-0.39, 0.29) is 5.88 Å². The number of H-pyrrole nitrogens is 1. The first-order chi connectivity index (χ1) is 11.1. The van der Waals surface area contributed by atoms with Crippen molar-refractivity contribution < 1.29 is 5.11 Å². The van der Waals surface area contributed by atoms with Crippen LogP contribution in [0.1, 0.15) is 11.1 Å². The molecule has 0 bridgehead atoms. The molecule has 0 saturated carbocycles. The Morgan fingerprint density at radius 3 is 2.61 bits per heavy atom. The van der Waals surface area contributed by atoms with Crippen LogP contribution in [-0.4, -0.2) is 24.9 Å². The molecule has 4 rings (SSSR count). The fourth-order valence-corrected chi connectivity index (χ4v) is 2.71. The number of fused-ring (bicyclic) bond motifs is 1. The van der Waals surface area contributed by atoms with Crippen molar-refractivity contribution in [2.24, 2.45) is 0 Å². The smallest absolute Gasteiger partial charge is 0.232 e. The molecule has 0 spiro atoms. The molecule has 0 aliphatic heterocycles. The summed E-state index contributed by atoms with van der Waals surface area (Å²) in [6.45, 7) is 3.88. The van der Waals surface area contributed by atoms with Crippen LogP contribution in [0.4, 0.5) is 0 Å². The monoisotopic (exact) mass is 304 g/mol. The molecule has 0 radical (unpaired) electrons. The Morgan fingerprint density at radius 2 is 1.83 bits per heavy atom. The highest BCUT2D eigenvalue weighted by molar-refractivity contribution is 5.77. The number of aromatic amines is 1. The Morgan fingerprint density at radius 1 is 1.04 bits per heavy atom. The molecule has 2 aromatic heterocycles. The fraction of sp³-hybridized carbons (Fsp3) is 0.111. The van der Waals surface area contributed by atoms with Gasteiger partial charge in [-0.1, -0.05) is 36.4 Å². The summed E-state index contributed by atoms with van der Waals surface area (Å²) in [4.78, 5) is 7.74. The molecular formula is C18H16N4O. The molecule has 2 N–H and O–H groups in total. The quantitative estimate of drug-likeness (QED) is 0.593. The summed E-state index contributed by atoms with van der Waals surface area (Å²) in [6.07, 6.45) is 0. The minimum atomic E-state index is 0.0969. The zero-order valence-electron chi connectivity index (χ0n) is 12.9. The molecule has 5 nitrogen and oxygen atoms in total. The van der Waals surface area contributed by atoms with Gasteiger partial charge in [-0.15, -0.1) is 0 Å². The number of hydrogen-bond acceptors (Lipinski definition) is 3. The van der Waals surface area contributed by atoms with Crippen LogP contribution in [-0.2, 0) is 0 Å². The third-order valence-corrected chi connectivity index (χ3v) is 3.97. The van der Waals surface area contributed by atoms with Gasteiger partial charge in [0.15, 0.2) is 0 Å². The number of aromatic hydroxyl groups is 1. The summed E-state index contributed by atoms with van der Waals surface area (Å²) in [5.41, 5.74) is 5.35. The first-order valence-electron chi connectivity index (χ1n) is 7.44. The van der Waals surface area contributed by atoms with Crippen molar-refractivity contribution in [2.45, 2.75) is 13.8 Å². The van der Waals surface area contributed by atoms with E-state index in [1.807, 2.05) is 62.4 Å². The molecule has 0 unspecified atom stereocenters. The van der Waals surface area contributed by atoms with Gasteiger partial charge in [-0.25, -0.2) is 4.98 Å². The third-order valence-electron chi connectivity index (χ3n) is 3.97. The van der Waals surface area contributed by atoms with Crippen LogP contribution in [0, 0.1) is 13.8 Å². The van der Waals surface area contributed by atoms with Gasteiger partial charge in [0.2, 0.25) is 11.8 Å². The van der Waals surface area contributed by atoms with Crippen LogP contribution in [0.15, 0.2) is 48.5 Å². The van der Waals surface area contributed by atoms with Gasteiger partial charge in [-0.3, -0.25) is 0 Å². The van der Waals surface area contributed by atoms with Gasteiger partial charge in [0, 0.05) is 11.1 Å². The lowest BCUT2D eigenvalue weighted by molar-refractivity contribution is 0.427. The highest BCUT2D eigenvalue weighted by Crippen LogP contribution is 2.30. The van der Waals surface area contributed by atoms with E-state index in [4.69, 9.17) is 0 Å². The van der Waals surface area contributed by atoms with E-state index in [9.17, 15) is 5.11 Å². The van der Waals surface area contributed by atoms with Crippen molar-refractivity contribution in [3.63, 3.8) is 0 Å². The predicted molar refractivity (Wildman–Crippen MR) is 89.8 cm³/mol. The maximum Gasteiger partial charge on any atom is 0.232 e. The molecule has 4 aromatic rings. The standard InChI is InChI=1S/C18H16N4O/c1-11-8-9-14-15(10-11)20-18(19-14)22-17(23)12(2)16(21-22)13-6-4-3-5-7-13/h3-10,23H,1-2H3,(H,19,20). The topological polar surface area (TPSA) is 66.7 Å². The van der Waals surface area contributed by atoms with Crippen molar-refractivity contribution in [3.05, 3.63) is 59.7 Å². The van der Waals surface area contributed by atoms with Crippen LogP contribution in [0.2, 0.25) is 0 Å². The minimum Gasteiger partial charge on any atom is -0.493 e. The maximum atomic E-state index is 10.5. The van der Waals surface area contributed by atoms with Gasteiger partial charge in [0.1, 0.15) is 0 Å². The molecule has 0 fully saturated rings. The SMILES string of the molecule is Cc1ccc2[nH]c(-n3nc(-c4ccccc4)c(C)c3O)nc2c1. The Hall–Kier alpha value is -3.08. The second-order valence-corrected chi connectivity index (χ2v) is 5.66. The lowest BCUT2D eigenvalue weighted by Gasteiger charge is -1.97. The van der Waals surface area contributed by atoms with Crippen LogP contribution < -0.4 is 0 Å². The van der Waals surface area contributed by atoms with Gasteiger partial charge in [0.25, 0.3) is 0 Å². The zero-order valence-corrected chi connectivity index (χ0v) is 12.9. The van der Waals surface area contributed by atoms with E-state index in [1.54, 1.807) is 0 Å². The second-order valence-electron chi connectivity index (χ2n) is 5.66. The second kappa shape index (κ2) is 4.98. The Kier molecular flexibility index (Phi) is 2.94. The lowest BCUT2D eigenvalue weighted by Crippen LogP contribution is -1.98. The van der Waals surface area contributed by atoms with Gasteiger partial charge >= 0.3 is 0 Å². The normalized spacial score (nSPS) is 11.2. The molecule has 5 heteroatoms. The molecule has 23 heavy (non-hydrogen) atoms. The lowest BCUT2D eigenvalue weighted by atomic mass is 10.1. The number of aromatic nitrogens is 4. The molecule has 2 heterocycles. The number of hydrogen-bond donors (Lipinski definition) is 2. The molecular weight excluding hydrogens is 288 g/mol. The fourth-order valence-electron chi connectivity index (χ4n) is 2.71. The van der Waals surface area contributed by atoms with Crippen molar-refractivity contribution in [1.82, 2.24) is 19.7 Å². The summed E-state index contributed by atoms with van der Waals surface area (Å²) in [5, 5.41) is 15.0. The van der Waals surface area contributed by atoms with Gasteiger partial charge in [-0.05, 0) is 31.5 Å². The summed E-state index contributed by atoms with van der Waals surface area (Å²) in [7, 11) is 0. The summed E-state index contributed by atoms with van der Waals surface area (Å²) in [6, 6.07) is 15.8. The van der Waals surface area contributed by atoms with Crippen molar-refractivity contribution in [2.75, 3.05) is 0 Å². The van der Waals surface area contributed by atoms with Crippen LogP contribution >= 0.6 is 0 Å². The van der Waals surface area contributed by atoms with Gasteiger partial charge in [-0.2, -0.15) is 9.78 Å². The van der Waals surface area contributed by atoms with Crippen molar-refractivity contribution in [3.8, 4) is 23.1 Å². The van der Waals surface area contributed by atoms with Crippen LogP contribution in [0.3, 0.4) is 0 Å². The molecule has 0 aliphatic rings. The third kappa shape index (κ3) is 2.17. The first-order valence-corrected chi connectivity index (χ1v) is 7.44. The molecule has 114 valence electrons. The van der Waals surface area contributed by atoms with Gasteiger partial charge < -0.3 is 10.1 Å². The number of benzene rings is 2. The maximum absolute atomic E-state index is 10.5. The molecule has 0 amide bonds. The Labute approximate surface area is 133 Å². The molecule has 0 saturated heterocycles. The zero-order chi connectivity index (χ0) is 16.0. The summed E-state index contributed by atoms with van der Waals surface area (Å²) in [5.74, 6) is 0.605. The van der Waals surface area contributed by atoms with E-state index >= 15 is 0 Å². The van der Waals surface area contributed by atoms with Crippen LogP contribution in [0.5, 0.6) is 5.88 Å². The molecule has 2 aromatic carbocycles. The van der Waals surface area contributed by atoms with E-state index < -0.39 is 0 Å². The average Bonchev–Trinajstić information content (AvgIpc) is 3.10. The van der Waals surface area contributed by atoms with Gasteiger partial charge in [0.05, 0.1) is 16.7 Å². The number of nitrogens with zero attached hydrogens (tertiary/aromatic N) is 3. The highest BCUT2D eigenvalue weighted by Gasteiger charge is 2.18. The number of rotatable bonds is 2. The average molecular weight is 304 g/mol. The number of imidazole rings is 1. The van der Waals surface area contributed by atoms with E-state index in [0.29, 0.717) is 5.95 Å². The summed E-state index contributed by atoms with van der Waals surface area (Å²) >= 11 is 0. The largest absolute Gasteiger partial charge is 0.493 e. The van der Waals surface area contributed by atoms with E-state index in [0.717, 1.165) is 33.4 Å². The summed E-state index contributed by atoms with van der Waals surface area (Å²) < 4.78 is 1.45. The highest BCUT2D eigenvalue weighted by atomic mass is 16.3. The van der Waals surface area contributed by atoms with Crippen molar-refractivity contribution in [1.29, 1.82) is 0 Å². The number of aryl methyl sites for hydroxylation is 1.